The van der Waals surface area contributed by atoms with Crippen molar-refractivity contribution in [2.24, 2.45) is 0 Å². The molecule has 1 aliphatic carbocycles. The molecule has 0 atom stereocenters. The molecule has 2 rings (SSSR count). The van der Waals surface area contributed by atoms with Gasteiger partial charge in [0.1, 0.15) is 6.10 Å². The molecule has 0 aromatic heterocycles. The first-order chi connectivity index (χ1) is 12.2. The summed E-state index contributed by atoms with van der Waals surface area (Å²) in [6, 6.07) is 6.74. The van der Waals surface area contributed by atoms with Gasteiger partial charge in [0, 0.05) is 0 Å². The highest BCUT2D eigenvalue weighted by Gasteiger charge is 2.25. The molecule has 4 heteroatoms. The van der Waals surface area contributed by atoms with Crippen LogP contribution in [0.4, 0.5) is 0 Å². The largest absolute Gasteiger partial charge is 0.462 e. The summed E-state index contributed by atoms with van der Waals surface area (Å²) in [7, 11) is 0. The molecule has 0 bridgehead atoms. The van der Waals surface area contributed by atoms with E-state index in [0.29, 0.717) is 17.7 Å². The van der Waals surface area contributed by atoms with Gasteiger partial charge in [0.05, 0.1) is 17.7 Å². The van der Waals surface area contributed by atoms with E-state index in [1.807, 2.05) is 0 Å². The van der Waals surface area contributed by atoms with Crippen molar-refractivity contribution in [2.45, 2.75) is 77.2 Å². The SMILES string of the molecule is CCCCCCCCCOC(=O)c1ccccc1C(=O)OC1CCC1. The second-order valence-electron chi connectivity index (χ2n) is 6.76. The van der Waals surface area contributed by atoms with Gasteiger partial charge in [0.15, 0.2) is 0 Å². The number of hydrogen-bond acceptors (Lipinski definition) is 4. The van der Waals surface area contributed by atoms with Crippen LogP contribution in [0.2, 0.25) is 0 Å². The molecule has 0 unspecified atom stereocenters. The fraction of sp³-hybridized carbons (Fsp3) is 0.619. The fourth-order valence-electron chi connectivity index (χ4n) is 2.84. The first-order valence-corrected chi connectivity index (χ1v) is 9.69. The van der Waals surface area contributed by atoms with E-state index in [-0.39, 0.29) is 6.10 Å². The van der Waals surface area contributed by atoms with Crippen molar-refractivity contribution in [1.29, 1.82) is 0 Å². The van der Waals surface area contributed by atoms with E-state index >= 15 is 0 Å². The Balaban J connectivity index is 1.74. The highest BCUT2D eigenvalue weighted by Crippen LogP contribution is 2.24. The van der Waals surface area contributed by atoms with Gasteiger partial charge in [-0.1, -0.05) is 57.6 Å². The molecule has 0 radical (unpaired) electrons. The highest BCUT2D eigenvalue weighted by molar-refractivity contribution is 6.03. The van der Waals surface area contributed by atoms with Crippen LogP contribution in [0.25, 0.3) is 0 Å². The summed E-state index contributed by atoms with van der Waals surface area (Å²) >= 11 is 0. The third-order valence-electron chi connectivity index (χ3n) is 4.67. The van der Waals surface area contributed by atoms with E-state index in [2.05, 4.69) is 6.92 Å². The first kappa shape index (κ1) is 19.5. The van der Waals surface area contributed by atoms with Crippen molar-refractivity contribution in [3.05, 3.63) is 35.4 Å². The molecule has 0 saturated heterocycles. The predicted molar refractivity (Wildman–Crippen MR) is 97.8 cm³/mol. The Kier molecular flexibility index (Phi) is 8.50. The summed E-state index contributed by atoms with van der Waals surface area (Å²) in [5.41, 5.74) is 0.605. The van der Waals surface area contributed by atoms with Crippen molar-refractivity contribution in [2.75, 3.05) is 6.61 Å². The number of esters is 2. The number of unbranched alkanes of at least 4 members (excludes halogenated alkanes) is 6. The van der Waals surface area contributed by atoms with E-state index < -0.39 is 11.9 Å². The second kappa shape index (κ2) is 10.9. The molecular formula is C21H30O4. The summed E-state index contributed by atoms with van der Waals surface area (Å²) in [6.45, 7) is 2.61. The van der Waals surface area contributed by atoms with Gasteiger partial charge in [0.25, 0.3) is 0 Å². The van der Waals surface area contributed by atoms with Crippen LogP contribution < -0.4 is 0 Å². The van der Waals surface area contributed by atoms with Crippen molar-refractivity contribution < 1.29 is 19.1 Å². The van der Waals surface area contributed by atoms with Crippen LogP contribution in [0, 0.1) is 0 Å². The van der Waals surface area contributed by atoms with E-state index in [1.54, 1.807) is 24.3 Å². The third-order valence-corrected chi connectivity index (χ3v) is 4.67. The Morgan fingerprint density at radius 1 is 0.920 bits per heavy atom. The number of rotatable bonds is 11. The molecule has 1 aromatic rings. The molecule has 1 saturated carbocycles. The lowest BCUT2D eigenvalue weighted by Gasteiger charge is -2.25. The summed E-state index contributed by atoms with van der Waals surface area (Å²) in [5, 5.41) is 0. The van der Waals surface area contributed by atoms with Gasteiger partial charge in [0.2, 0.25) is 0 Å². The van der Waals surface area contributed by atoms with Gasteiger partial charge in [-0.3, -0.25) is 0 Å². The number of hydrogen-bond donors (Lipinski definition) is 0. The summed E-state index contributed by atoms with van der Waals surface area (Å²) < 4.78 is 10.8. The molecule has 1 fully saturated rings. The molecule has 0 heterocycles. The standard InChI is InChI=1S/C21H30O4/c1-2-3-4-5-6-7-10-16-24-20(22)18-14-8-9-15-19(18)21(23)25-17-12-11-13-17/h8-9,14-15,17H,2-7,10-13,16H2,1H3. The van der Waals surface area contributed by atoms with Gasteiger partial charge < -0.3 is 9.47 Å². The van der Waals surface area contributed by atoms with Gasteiger partial charge in [-0.25, -0.2) is 9.59 Å². The van der Waals surface area contributed by atoms with Crippen molar-refractivity contribution in [3.8, 4) is 0 Å². The molecule has 0 amide bonds. The summed E-state index contributed by atoms with van der Waals surface area (Å²) in [6.07, 6.45) is 11.1. The van der Waals surface area contributed by atoms with E-state index in [1.165, 1.54) is 32.1 Å². The van der Waals surface area contributed by atoms with Gasteiger partial charge in [-0.15, -0.1) is 0 Å². The Morgan fingerprint density at radius 3 is 2.12 bits per heavy atom. The lowest BCUT2D eigenvalue weighted by atomic mass is 9.96. The maximum absolute atomic E-state index is 12.3. The van der Waals surface area contributed by atoms with Crippen LogP contribution in [-0.2, 0) is 9.47 Å². The minimum atomic E-state index is -0.438. The Bertz CT molecular complexity index is 549. The molecule has 0 spiro atoms. The van der Waals surface area contributed by atoms with Crippen LogP contribution in [0.15, 0.2) is 24.3 Å². The lowest BCUT2D eigenvalue weighted by molar-refractivity contribution is 0.00849. The molecule has 25 heavy (non-hydrogen) atoms. The molecule has 0 aliphatic heterocycles. The molecule has 0 N–H and O–H groups in total. The Hall–Kier alpha value is -1.84. The second-order valence-corrected chi connectivity index (χ2v) is 6.76. The van der Waals surface area contributed by atoms with Gasteiger partial charge in [-0.2, -0.15) is 0 Å². The lowest BCUT2D eigenvalue weighted by Crippen LogP contribution is -2.26. The summed E-state index contributed by atoms with van der Waals surface area (Å²) in [5.74, 6) is -0.861. The summed E-state index contributed by atoms with van der Waals surface area (Å²) in [4.78, 5) is 24.5. The number of ether oxygens (including phenoxy) is 2. The van der Waals surface area contributed by atoms with Crippen molar-refractivity contribution >= 4 is 11.9 Å². The topological polar surface area (TPSA) is 52.6 Å². The van der Waals surface area contributed by atoms with E-state index in [4.69, 9.17) is 9.47 Å². The first-order valence-electron chi connectivity index (χ1n) is 9.69. The van der Waals surface area contributed by atoms with E-state index in [9.17, 15) is 9.59 Å². The quantitative estimate of drug-likeness (QED) is 0.403. The van der Waals surface area contributed by atoms with Gasteiger partial charge in [-0.05, 0) is 37.8 Å². The normalized spacial score (nSPS) is 14.0. The minimum Gasteiger partial charge on any atom is -0.462 e. The van der Waals surface area contributed by atoms with Crippen LogP contribution in [-0.4, -0.2) is 24.6 Å². The molecule has 1 aliphatic rings. The Labute approximate surface area is 150 Å². The zero-order valence-electron chi connectivity index (χ0n) is 15.3. The number of carbonyl (C=O) groups excluding carboxylic acids is 2. The maximum atomic E-state index is 12.3. The van der Waals surface area contributed by atoms with Crippen LogP contribution in [0.5, 0.6) is 0 Å². The average Bonchev–Trinajstić information content (AvgIpc) is 2.60. The predicted octanol–water partition coefficient (Wildman–Crippen LogP) is 5.30. The van der Waals surface area contributed by atoms with Crippen LogP contribution in [0.3, 0.4) is 0 Å². The van der Waals surface area contributed by atoms with Crippen molar-refractivity contribution in [3.63, 3.8) is 0 Å². The van der Waals surface area contributed by atoms with Crippen LogP contribution >= 0.6 is 0 Å². The molecule has 4 nitrogen and oxygen atoms in total. The third kappa shape index (κ3) is 6.52. The monoisotopic (exact) mass is 346 g/mol. The molecule has 138 valence electrons. The van der Waals surface area contributed by atoms with Gasteiger partial charge >= 0.3 is 11.9 Å². The maximum Gasteiger partial charge on any atom is 0.339 e. The highest BCUT2D eigenvalue weighted by atomic mass is 16.5. The molecular weight excluding hydrogens is 316 g/mol. The smallest absolute Gasteiger partial charge is 0.339 e. The average molecular weight is 346 g/mol. The zero-order valence-corrected chi connectivity index (χ0v) is 15.3. The zero-order chi connectivity index (χ0) is 17.9. The van der Waals surface area contributed by atoms with Crippen LogP contribution in [0.1, 0.15) is 91.8 Å². The number of carbonyl (C=O) groups is 2. The molecule has 1 aromatic carbocycles. The van der Waals surface area contributed by atoms with Crippen molar-refractivity contribution in [1.82, 2.24) is 0 Å². The Morgan fingerprint density at radius 2 is 1.52 bits per heavy atom. The number of benzene rings is 1. The minimum absolute atomic E-state index is 0.00397. The fourth-order valence-corrected chi connectivity index (χ4v) is 2.84. The van der Waals surface area contributed by atoms with E-state index in [0.717, 1.165) is 32.1 Å².